The molecule has 0 unspecified atom stereocenters. The van der Waals surface area contributed by atoms with Crippen LogP contribution in [-0.4, -0.2) is 20.9 Å². The molecule has 0 amide bonds. The SMILES string of the molecule is CCCCc1noc(CSc2nc(C)c(C(C)=O)cc2C#N)n1. The summed E-state index contributed by atoms with van der Waals surface area (Å²) in [5, 5.41) is 13.8. The van der Waals surface area contributed by atoms with Crippen molar-refractivity contribution < 1.29 is 9.32 Å². The summed E-state index contributed by atoms with van der Waals surface area (Å²) in [6.45, 7) is 5.34. The van der Waals surface area contributed by atoms with Crippen LogP contribution in [0.2, 0.25) is 0 Å². The molecule has 2 heterocycles. The summed E-state index contributed by atoms with van der Waals surface area (Å²) in [6.07, 6.45) is 2.91. The van der Waals surface area contributed by atoms with Crippen molar-refractivity contribution in [2.24, 2.45) is 0 Å². The van der Waals surface area contributed by atoms with E-state index in [0.29, 0.717) is 39.3 Å². The molecule has 0 saturated heterocycles. The van der Waals surface area contributed by atoms with Crippen molar-refractivity contribution in [3.8, 4) is 6.07 Å². The molecule has 0 saturated carbocycles. The number of thioether (sulfide) groups is 1. The smallest absolute Gasteiger partial charge is 0.237 e. The van der Waals surface area contributed by atoms with Crippen molar-refractivity contribution in [1.82, 2.24) is 15.1 Å². The van der Waals surface area contributed by atoms with E-state index in [9.17, 15) is 10.1 Å². The zero-order chi connectivity index (χ0) is 16.8. The number of carbonyl (C=O) groups excluding carboxylic acids is 1. The van der Waals surface area contributed by atoms with Crippen molar-refractivity contribution in [3.05, 3.63) is 34.6 Å². The van der Waals surface area contributed by atoms with Crippen molar-refractivity contribution in [2.75, 3.05) is 0 Å². The number of rotatable bonds is 7. The number of nitrogens with zero attached hydrogens (tertiary/aromatic N) is 4. The summed E-state index contributed by atoms with van der Waals surface area (Å²) in [4.78, 5) is 20.2. The minimum atomic E-state index is -0.0967. The lowest BCUT2D eigenvalue weighted by Gasteiger charge is -2.06. The Morgan fingerprint density at radius 3 is 2.87 bits per heavy atom. The summed E-state index contributed by atoms with van der Waals surface area (Å²) >= 11 is 1.36. The lowest BCUT2D eigenvalue weighted by molar-refractivity contribution is 0.101. The van der Waals surface area contributed by atoms with E-state index in [1.165, 1.54) is 18.7 Å². The summed E-state index contributed by atoms with van der Waals surface area (Å²) in [6, 6.07) is 3.68. The average molecular weight is 330 g/mol. The van der Waals surface area contributed by atoms with E-state index in [1.54, 1.807) is 13.0 Å². The van der Waals surface area contributed by atoms with Crippen molar-refractivity contribution in [1.29, 1.82) is 5.26 Å². The lowest BCUT2D eigenvalue weighted by atomic mass is 10.1. The van der Waals surface area contributed by atoms with Gasteiger partial charge in [0.25, 0.3) is 0 Å². The third-order valence-corrected chi connectivity index (χ3v) is 4.25. The Morgan fingerprint density at radius 2 is 2.22 bits per heavy atom. The molecule has 7 heteroatoms. The molecule has 0 spiro atoms. The quantitative estimate of drug-likeness (QED) is 0.566. The van der Waals surface area contributed by atoms with Gasteiger partial charge in [0.15, 0.2) is 11.6 Å². The van der Waals surface area contributed by atoms with Gasteiger partial charge in [-0.3, -0.25) is 4.79 Å². The van der Waals surface area contributed by atoms with Gasteiger partial charge in [0.2, 0.25) is 5.89 Å². The molecule has 2 aromatic heterocycles. The zero-order valence-electron chi connectivity index (χ0n) is 13.4. The molecule has 0 aliphatic heterocycles. The number of hydrogen-bond donors (Lipinski definition) is 0. The molecule has 0 aliphatic carbocycles. The van der Waals surface area contributed by atoms with Gasteiger partial charge in [-0.1, -0.05) is 30.3 Å². The van der Waals surface area contributed by atoms with Crippen molar-refractivity contribution >= 4 is 17.5 Å². The van der Waals surface area contributed by atoms with Crippen LogP contribution < -0.4 is 0 Å². The van der Waals surface area contributed by atoms with Crippen LogP contribution in [0.4, 0.5) is 0 Å². The molecule has 23 heavy (non-hydrogen) atoms. The average Bonchev–Trinajstić information content (AvgIpc) is 2.98. The maximum absolute atomic E-state index is 11.5. The number of pyridine rings is 1. The van der Waals surface area contributed by atoms with Gasteiger partial charge in [-0.05, 0) is 26.3 Å². The van der Waals surface area contributed by atoms with E-state index in [4.69, 9.17) is 4.52 Å². The van der Waals surface area contributed by atoms with E-state index < -0.39 is 0 Å². The van der Waals surface area contributed by atoms with Crippen LogP contribution >= 0.6 is 11.8 Å². The highest BCUT2D eigenvalue weighted by Crippen LogP contribution is 2.25. The van der Waals surface area contributed by atoms with Crippen LogP contribution in [0.1, 0.15) is 60.0 Å². The molecule has 0 bridgehead atoms. The Bertz CT molecular complexity index is 749. The lowest BCUT2D eigenvalue weighted by Crippen LogP contribution is -2.02. The molecule has 0 radical (unpaired) electrons. The zero-order valence-corrected chi connectivity index (χ0v) is 14.2. The Balaban J connectivity index is 2.11. The molecule has 0 aromatic carbocycles. The predicted octanol–water partition coefficient (Wildman–Crippen LogP) is 3.48. The highest BCUT2D eigenvalue weighted by atomic mass is 32.2. The first-order valence-electron chi connectivity index (χ1n) is 7.42. The first kappa shape index (κ1) is 17.2. The summed E-state index contributed by atoms with van der Waals surface area (Å²) in [7, 11) is 0. The number of nitriles is 1. The maximum Gasteiger partial charge on any atom is 0.237 e. The van der Waals surface area contributed by atoms with Crippen LogP contribution in [0.5, 0.6) is 0 Å². The van der Waals surface area contributed by atoms with Crippen LogP contribution in [-0.2, 0) is 12.2 Å². The Morgan fingerprint density at radius 1 is 1.43 bits per heavy atom. The highest BCUT2D eigenvalue weighted by molar-refractivity contribution is 7.98. The minimum Gasteiger partial charge on any atom is -0.338 e. The van der Waals surface area contributed by atoms with Gasteiger partial charge in [0.1, 0.15) is 11.1 Å². The molecule has 6 nitrogen and oxygen atoms in total. The fourth-order valence-corrected chi connectivity index (χ4v) is 2.88. The Hall–Kier alpha value is -2.20. The van der Waals surface area contributed by atoms with E-state index in [2.05, 4.69) is 28.1 Å². The van der Waals surface area contributed by atoms with E-state index in [-0.39, 0.29) is 5.78 Å². The molecule has 2 aromatic rings. The number of Topliss-reactive ketones (excluding diaryl/α,β-unsaturated/α-hetero) is 1. The Kier molecular flexibility index (Phi) is 5.88. The first-order chi connectivity index (χ1) is 11.0. The summed E-state index contributed by atoms with van der Waals surface area (Å²) < 4.78 is 5.20. The van der Waals surface area contributed by atoms with Gasteiger partial charge in [0.05, 0.1) is 11.3 Å². The van der Waals surface area contributed by atoms with Gasteiger partial charge in [-0.25, -0.2) is 4.98 Å². The first-order valence-corrected chi connectivity index (χ1v) is 8.40. The van der Waals surface area contributed by atoms with Crippen LogP contribution in [0, 0.1) is 18.3 Å². The largest absolute Gasteiger partial charge is 0.338 e. The third-order valence-electron chi connectivity index (χ3n) is 3.27. The second kappa shape index (κ2) is 7.88. The normalized spacial score (nSPS) is 10.5. The summed E-state index contributed by atoms with van der Waals surface area (Å²) in [5.41, 5.74) is 1.48. The number of hydrogen-bond acceptors (Lipinski definition) is 7. The van der Waals surface area contributed by atoms with Gasteiger partial charge < -0.3 is 4.52 Å². The fraction of sp³-hybridized carbons (Fsp3) is 0.438. The number of aromatic nitrogens is 3. The minimum absolute atomic E-state index is 0.0967. The van der Waals surface area contributed by atoms with Crippen LogP contribution in [0.3, 0.4) is 0 Å². The second-order valence-electron chi connectivity index (χ2n) is 5.14. The van der Waals surface area contributed by atoms with E-state index in [0.717, 1.165) is 19.3 Å². The van der Waals surface area contributed by atoms with E-state index in [1.807, 2.05) is 0 Å². The van der Waals surface area contributed by atoms with Gasteiger partial charge in [-0.2, -0.15) is 10.2 Å². The number of carbonyl (C=O) groups is 1. The number of aryl methyl sites for hydroxylation is 2. The summed E-state index contributed by atoms with van der Waals surface area (Å²) in [5.74, 6) is 1.57. The predicted molar refractivity (Wildman–Crippen MR) is 86.2 cm³/mol. The van der Waals surface area contributed by atoms with Crippen LogP contribution in [0.15, 0.2) is 15.6 Å². The van der Waals surface area contributed by atoms with E-state index >= 15 is 0 Å². The van der Waals surface area contributed by atoms with Gasteiger partial charge in [-0.15, -0.1) is 0 Å². The van der Waals surface area contributed by atoms with Gasteiger partial charge in [0, 0.05) is 17.7 Å². The molecule has 0 fully saturated rings. The fourth-order valence-electron chi connectivity index (χ4n) is 2.05. The molecule has 120 valence electrons. The third kappa shape index (κ3) is 4.39. The molecule has 0 N–H and O–H groups in total. The molecular weight excluding hydrogens is 312 g/mol. The van der Waals surface area contributed by atoms with Gasteiger partial charge >= 0.3 is 0 Å². The number of unbranched alkanes of at least 4 members (excludes halogenated alkanes) is 1. The molecule has 0 atom stereocenters. The van der Waals surface area contributed by atoms with Crippen molar-refractivity contribution in [3.63, 3.8) is 0 Å². The topological polar surface area (TPSA) is 92.7 Å². The second-order valence-corrected chi connectivity index (χ2v) is 6.10. The standard InChI is InChI=1S/C16H18N4O2S/c1-4-5-6-14-19-15(22-20-14)9-23-16-12(8-17)7-13(11(3)21)10(2)18-16/h7H,4-6,9H2,1-3H3. The maximum atomic E-state index is 11.5. The molecular formula is C16H18N4O2S. The highest BCUT2D eigenvalue weighted by Gasteiger charge is 2.14. The Labute approximate surface area is 139 Å². The molecule has 0 aliphatic rings. The van der Waals surface area contributed by atoms with Crippen LogP contribution in [0.25, 0.3) is 0 Å². The molecule has 2 rings (SSSR count). The number of ketones is 1. The van der Waals surface area contributed by atoms with Crippen molar-refractivity contribution in [2.45, 2.75) is 50.8 Å². The monoisotopic (exact) mass is 330 g/mol.